The molecule has 0 bridgehead atoms. The first-order chi connectivity index (χ1) is 12.9. The summed E-state index contributed by atoms with van der Waals surface area (Å²) >= 11 is 0.974. The first kappa shape index (κ1) is 18.5. The maximum atomic E-state index is 13.7. The van der Waals surface area contributed by atoms with Crippen LogP contribution in [-0.4, -0.2) is 26.8 Å². The van der Waals surface area contributed by atoms with Crippen LogP contribution in [0.4, 0.5) is 15.8 Å². The fourth-order valence-corrected chi connectivity index (χ4v) is 2.68. The van der Waals surface area contributed by atoms with Crippen molar-refractivity contribution in [3.05, 3.63) is 64.0 Å². The number of aryl methyl sites for hydroxylation is 1. The highest BCUT2D eigenvalue weighted by atomic mass is 32.2. The van der Waals surface area contributed by atoms with E-state index >= 15 is 0 Å². The number of hydrogen-bond donors (Lipinski definition) is 1. The number of rotatable bonds is 6. The number of carbonyl (C=O) groups is 1. The summed E-state index contributed by atoms with van der Waals surface area (Å²) in [5.74, 6) is -1.13. The first-order valence-electron chi connectivity index (χ1n) is 7.69. The Morgan fingerprint density at radius 1 is 1.26 bits per heavy atom. The van der Waals surface area contributed by atoms with Crippen LogP contribution in [0.15, 0.2) is 52.1 Å². The molecule has 1 N–H and O–H groups in total. The molecule has 1 amide bonds. The fourth-order valence-electron chi connectivity index (χ4n) is 2.12. The average molecular weight is 388 g/mol. The number of nitro benzene ring substituents is 1. The second-order valence-electron chi connectivity index (χ2n) is 5.50. The lowest BCUT2D eigenvalue weighted by Crippen LogP contribution is -2.15. The third-order valence-corrected chi connectivity index (χ3v) is 4.29. The molecule has 3 aromatic rings. The number of aromatic nitrogens is 2. The Balaban J connectivity index is 1.61. The molecule has 3 rings (SSSR count). The number of nitrogens with one attached hydrogen (secondary N) is 1. The van der Waals surface area contributed by atoms with Crippen molar-refractivity contribution in [1.82, 2.24) is 10.2 Å². The van der Waals surface area contributed by atoms with Gasteiger partial charge in [-0.05, 0) is 25.1 Å². The van der Waals surface area contributed by atoms with Gasteiger partial charge in [-0.1, -0.05) is 29.5 Å². The van der Waals surface area contributed by atoms with Crippen LogP contribution in [0.25, 0.3) is 11.5 Å². The van der Waals surface area contributed by atoms with Crippen LogP contribution in [0.2, 0.25) is 0 Å². The van der Waals surface area contributed by atoms with Gasteiger partial charge in [0.25, 0.3) is 10.9 Å². The molecule has 1 heterocycles. The molecule has 0 aliphatic carbocycles. The molecular weight excluding hydrogens is 375 g/mol. The Kier molecular flexibility index (Phi) is 5.46. The van der Waals surface area contributed by atoms with Crippen molar-refractivity contribution < 1.29 is 18.5 Å². The van der Waals surface area contributed by atoms with Crippen LogP contribution in [0, 0.1) is 22.9 Å². The second kappa shape index (κ2) is 7.96. The van der Waals surface area contributed by atoms with E-state index in [1.165, 1.54) is 0 Å². The van der Waals surface area contributed by atoms with Gasteiger partial charge in [-0.2, -0.15) is 0 Å². The summed E-state index contributed by atoms with van der Waals surface area (Å²) in [6, 6.07) is 10.4. The van der Waals surface area contributed by atoms with Crippen molar-refractivity contribution in [2.75, 3.05) is 11.1 Å². The number of halogens is 1. The molecule has 0 atom stereocenters. The molecule has 1 aromatic heterocycles. The van der Waals surface area contributed by atoms with E-state index < -0.39 is 16.6 Å². The Morgan fingerprint density at radius 3 is 2.70 bits per heavy atom. The lowest BCUT2D eigenvalue weighted by Gasteiger charge is -2.05. The minimum Gasteiger partial charge on any atom is -0.411 e. The van der Waals surface area contributed by atoms with E-state index in [1.54, 1.807) is 0 Å². The van der Waals surface area contributed by atoms with Crippen LogP contribution >= 0.6 is 11.8 Å². The molecule has 0 aliphatic rings. The highest BCUT2D eigenvalue weighted by Gasteiger charge is 2.15. The van der Waals surface area contributed by atoms with Crippen molar-refractivity contribution in [2.45, 2.75) is 12.1 Å². The van der Waals surface area contributed by atoms with Gasteiger partial charge in [-0.3, -0.25) is 14.9 Å². The number of hydrogen-bond acceptors (Lipinski definition) is 7. The number of nitrogens with zero attached hydrogens (tertiary/aromatic N) is 3. The highest BCUT2D eigenvalue weighted by molar-refractivity contribution is 7.99. The molecule has 2 aromatic carbocycles. The van der Waals surface area contributed by atoms with Crippen molar-refractivity contribution >= 4 is 29.0 Å². The topological polar surface area (TPSA) is 111 Å². The van der Waals surface area contributed by atoms with Gasteiger partial charge in [0.2, 0.25) is 11.8 Å². The van der Waals surface area contributed by atoms with Crippen LogP contribution in [0.1, 0.15) is 5.56 Å². The van der Waals surface area contributed by atoms with Crippen molar-refractivity contribution in [2.24, 2.45) is 0 Å². The Morgan fingerprint density at radius 2 is 2.00 bits per heavy atom. The van der Waals surface area contributed by atoms with Crippen molar-refractivity contribution in [3.63, 3.8) is 0 Å². The normalized spacial score (nSPS) is 10.6. The van der Waals surface area contributed by atoms with Crippen LogP contribution in [-0.2, 0) is 4.79 Å². The third kappa shape index (κ3) is 4.67. The molecule has 0 saturated heterocycles. The number of anilines is 1. The second-order valence-corrected chi connectivity index (χ2v) is 6.42. The quantitative estimate of drug-likeness (QED) is 0.388. The zero-order valence-corrected chi connectivity index (χ0v) is 14.8. The Bertz CT molecular complexity index is 991. The minimum absolute atomic E-state index is 0.127. The zero-order chi connectivity index (χ0) is 19.4. The molecule has 0 unspecified atom stereocenters. The SMILES string of the molecule is Cc1ccc(-c2nnc(SCC(=O)Nc3cc([N+](=O)[O-])ccc3F)o2)cc1. The standard InChI is InChI=1S/C17H13FN4O4S/c1-10-2-4-11(5-3-10)16-20-21-17(26-16)27-9-15(23)19-14-8-12(22(24)25)6-7-13(14)18/h2-8H,9H2,1H3,(H,19,23). The van der Waals surface area contributed by atoms with E-state index in [9.17, 15) is 19.3 Å². The molecule has 0 fully saturated rings. The van der Waals surface area contributed by atoms with E-state index in [2.05, 4.69) is 15.5 Å². The Labute approximate surface area is 156 Å². The summed E-state index contributed by atoms with van der Waals surface area (Å²) in [4.78, 5) is 22.0. The molecule has 0 radical (unpaired) electrons. The lowest BCUT2D eigenvalue weighted by molar-refractivity contribution is -0.384. The molecule has 10 heteroatoms. The van der Waals surface area contributed by atoms with Gasteiger partial charge in [-0.15, -0.1) is 10.2 Å². The van der Waals surface area contributed by atoms with Crippen LogP contribution in [0.5, 0.6) is 0 Å². The molecule has 0 aliphatic heterocycles. The number of non-ortho nitro benzene ring substituents is 1. The van der Waals surface area contributed by atoms with E-state index in [0.717, 1.165) is 41.1 Å². The maximum Gasteiger partial charge on any atom is 0.277 e. The third-order valence-electron chi connectivity index (χ3n) is 3.47. The van der Waals surface area contributed by atoms with Crippen LogP contribution < -0.4 is 5.32 Å². The van der Waals surface area contributed by atoms with Gasteiger partial charge in [0.1, 0.15) is 5.82 Å². The van der Waals surface area contributed by atoms with Crippen molar-refractivity contribution in [3.8, 4) is 11.5 Å². The lowest BCUT2D eigenvalue weighted by atomic mass is 10.1. The summed E-state index contributed by atoms with van der Waals surface area (Å²) in [6.45, 7) is 1.96. The number of nitro groups is 1. The molecule has 27 heavy (non-hydrogen) atoms. The average Bonchev–Trinajstić information content (AvgIpc) is 3.11. The highest BCUT2D eigenvalue weighted by Crippen LogP contribution is 2.25. The van der Waals surface area contributed by atoms with Gasteiger partial charge < -0.3 is 9.73 Å². The zero-order valence-electron chi connectivity index (χ0n) is 14.0. The van der Waals surface area contributed by atoms with E-state index in [-0.39, 0.29) is 22.4 Å². The monoisotopic (exact) mass is 388 g/mol. The summed E-state index contributed by atoms with van der Waals surface area (Å²) in [5.41, 5.74) is 1.26. The van der Waals surface area contributed by atoms with E-state index in [1.807, 2.05) is 31.2 Å². The predicted molar refractivity (Wildman–Crippen MR) is 96.9 cm³/mol. The number of carbonyl (C=O) groups excluding carboxylic acids is 1. The number of benzene rings is 2. The smallest absolute Gasteiger partial charge is 0.277 e. The largest absolute Gasteiger partial charge is 0.411 e. The molecule has 0 saturated carbocycles. The molecule has 138 valence electrons. The molecular formula is C17H13FN4O4S. The summed E-state index contributed by atoms with van der Waals surface area (Å²) < 4.78 is 19.2. The number of thioether (sulfide) groups is 1. The van der Waals surface area contributed by atoms with Crippen molar-refractivity contribution in [1.29, 1.82) is 0 Å². The number of amides is 1. The summed E-state index contributed by atoms with van der Waals surface area (Å²) in [6.07, 6.45) is 0. The van der Waals surface area contributed by atoms with Gasteiger partial charge in [0.15, 0.2) is 0 Å². The van der Waals surface area contributed by atoms with E-state index in [4.69, 9.17) is 4.42 Å². The Hall–Kier alpha value is -3.27. The van der Waals surface area contributed by atoms with Gasteiger partial charge in [-0.25, -0.2) is 4.39 Å². The predicted octanol–water partition coefficient (Wildman–Crippen LogP) is 3.82. The van der Waals surface area contributed by atoms with Gasteiger partial charge >= 0.3 is 0 Å². The maximum absolute atomic E-state index is 13.7. The first-order valence-corrected chi connectivity index (χ1v) is 8.68. The van der Waals surface area contributed by atoms with Crippen LogP contribution in [0.3, 0.4) is 0 Å². The molecule has 8 nitrogen and oxygen atoms in total. The summed E-state index contributed by atoms with van der Waals surface area (Å²) in [7, 11) is 0. The van der Waals surface area contributed by atoms with E-state index in [0.29, 0.717) is 5.89 Å². The fraction of sp³-hybridized carbons (Fsp3) is 0.118. The van der Waals surface area contributed by atoms with Gasteiger partial charge in [0.05, 0.1) is 16.4 Å². The summed E-state index contributed by atoms with van der Waals surface area (Å²) in [5, 5.41) is 21.0. The molecule has 0 spiro atoms. The van der Waals surface area contributed by atoms with Gasteiger partial charge in [0, 0.05) is 17.7 Å². The minimum atomic E-state index is -0.765.